The van der Waals surface area contributed by atoms with Crippen LogP contribution in [0.25, 0.3) is 11.6 Å². The van der Waals surface area contributed by atoms with Crippen LogP contribution < -0.4 is 9.47 Å². The van der Waals surface area contributed by atoms with E-state index in [0.29, 0.717) is 35.7 Å². The van der Waals surface area contributed by atoms with E-state index in [9.17, 15) is 10.1 Å². The molecule has 33 heavy (non-hydrogen) atoms. The quantitative estimate of drug-likeness (QED) is 0.249. The molecule has 0 amide bonds. The van der Waals surface area contributed by atoms with Crippen LogP contribution in [0, 0.1) is 18.3 Å². The average Bonchev–Trinajstić information content (AvgIpc) is 2.82. The van der Waals surface area contributed by atoms with Gasteiger partial charge in [0.15, 0.2) is 11.5 Å². The first kappa shape index (κ1) is 23.4. The van der Waals surface area contributed by atoms with Crippen molar-refractivity contribution in [1.29, 1.82) is 5.26 Å². The number of carboxylic acid groups (broad SMARTS) is 1. The zero-order valence-corrected chi connectivity index (χ0v) is 18.7. The van der Waals surface area contributed by atoms with Gasteiger partial charge in [-0.05, 0) is 60.4 Å². The Morgan fingerprint density at radius 1 is 1.09 bits per heavy atom. The van der Waals surface area contributed by atoms with Gasteiger partial charge in [0.25, 0.3) is 0 Å². The van der Waals surface area contributed by atoms with Crippen molar-refractivity contribution in [3.8, 4) is 17.6 Å². The van der Waals surface area contributed by atoms with Crippen LogP contribution in [0.2, 0.25) is 0 Å². The topological polar surface area (TPSA) is 79.6 Å². The largest absolute Gasteiger partial charge is 0.493 e. The van der Waals surface area contributed by atoms with Gasteiger partial charge in [0, 0.05) is 5.56 Å². The smallest absolute Gasteiger partial charge is 0.335 e. The van der Waals surface area contributed by atoms with Gasteiger partial charge in [0.2, 0.25) is 0 Å². The molecule has 166 valence electrons. The lowest BCUT2D eigenvalue weighted by Gasteiger charge is -2.16. The van der Waals surface area contributed by atoms with E-state index in [2.05, 4.69) is 12.6 Å². The third kappa shape index (κ3) is 5.90. The number of rotatable bonds is 9. The fourth-order valence-corrected chi connectivity index (χ4v) is 3.37. The van der Waals surface area contributed by atoms with Crippen molar-refractivity contribution in [2.75, 3.05) is 7.11 Å². The number of aromatic carboxylic acids is 1. The molecule has 3 aromatic rings. The highest BCUT2D eigenvalue weighted by atomic mass is 16.5. The van der Waals surface area contributed by atoms with Gasteiger partial charge < -0.3 is 14.6 Å². The number of allylic oxidation sites excluding steroid dienone is 2. The lowest BCUT2D eigenvalue weighted by Crippen LogP contribution is -2.02. The van der Waals surface area contributed by atoms with Crippen molar-refractivity contribution >= 4 is 17.6 Å². The Morgan fingerprint density at radius 3 is 2.33 bits per heavy atom. The molecule has 5 nitrogen and oxygen atoms in total. The summed E-state index contributed by atoms with van der Waals surface area (Å²) >= 11 is 0. The van der Waals surface area contributed by atoms with Crippen molar-refractivity contribution in [3.05, 3.63) is 107 Å². The summed E-state index contributed by atoms with van der Waals surface area (Å²) in [6.45, 7) is 6.28. The minimum absolute atomic E-state index is 0.168. The zero-order valence-electron chi connectivity index (χ0n) is 18.7. The first-order valence-corrected chi connectivity index (χ1v) is 10.4. The molecule has 3 aromatic carbocycles. The number of hydrogen-bond acceptors (Lipinski definition) is 4. The van der Waals surface area contributed by atoms with Gasteiger partial charge in [0.05, 0.1) is 24.3 Å². The van der Waals surface area contributed by atoms with Crippen molar-refractivity contribution < 1.29 is 19.4 Å². The molecular weight excluding hydrogens is 414 g/mol. The normalized spacial score (nSPS) is 10.9. The minimum atomic E-state index is -1.01. The van der Waals surface area contributed by atoms with Crippen molar-refractivity contribution in [3.63, 3.8) is 0 Å². The van der Waals surface area contributed by atoms with Gasteiger partial charge in [-0.2, -0.15) is 5.26 Å². The Morgan fingerprint density at radius 2 is 1.76 bits per heavy atom. The monoisotopic (exact) mass is 439 g/mol. The van der Waals surface area contributed by atoms with Gasteiger partial charge in [-0.15, -0.1) is 6.58 Å². The number of hydrogen-bond donors (Lipinski definition) is 1. The fraction of sp³-hybridized carbons (Fsp3) is 0.143. The van der Waals surface area contributed by atoms with Crippen LogP contribution >= 0.6 is 0 Å². The first-order chi connectivity index (χ1) is 15.9. The van der Waals surface area contributed by atoms with Gasteiger partial charge >= 0.3 is 5.97 Å². The summed E-state index contributed by atoms with van der Waals surface area (Å²) in [7, 11) is 1.58. The lowest BCUT2D eigenvalue weighted by atomic mass is 10.00. The summed E-state index contributed by atoms with van der Waals surface area (Å²) in [5.74, 6) is 0.190. The standard InChI is InChI=1S/C28H25NO4/c1-4-5-24-14-21(15-25(17-29)22-10-12-23(13-11-22)28(30)31)16-26(32-3)27(24)33-18-20-8-6-19(2)7-9-20/h4,6-16H,1,5,18H2,2-3H3,(H,30,31)/b25-15-. The van der Waals surface area contributed by atoms with E-state index in [-0.39, 0.29) is 5.56 Å². The summed E-state index contributed by atoms with van der Waals surface area (Å²) in [6.07, 6.45) is 4.10. The van der Waals surface area contributed by atoms with Crippen molar-refractivity contribution in [1.82, 2.24) is 0 Å². The molecular formula is C28H25NO4. The molecule has 0 aliphatic carbocycles. The van der Waals surface area contributed by atoms with Crippen LogP contribution in [0.4, 0.5) is 0 Å². The van der Waals surface area contributed by atoms with Crippen LogP contribution in [-0.2, 0) is 13.0 Å². The Hall–Kier alpha value is -4.30. The summed E-state index contributed by atoms with van der Waals surface area (Å²) in [5.41, 5.74) is 5.10. The second-order valence-electron chi connectivity index (χ2n) is 7.53. The number of ether oxygens (including phenoxy) is 2. The summed E-state index contributed by atoms with van der Waals surface area (Å²) < 4.78 is 11.7. The second-order valence-corrected chi connectivity index (χ2v) is 7.53. The molecule has 0 saturated carbocycles. The molecule has 0 unspecified atom stereocenters. The predicted octanol–water partition coefficient (Wildman–Crippen LogP) is 6.07. The van der Waals surface area contributed by atoms with E-state index in [0.717, 1.165) is 16.7 Å². The van der Waals surface area contributed by atoms with Crippen LogP contribution in [0.15, 0.2) is 73.3 Å². The number of nitriles is 1. The molecule has 0 bridgehead atoms. The number of nitrogens with zero attached hydrogens (tertiary/aromatic N) is 1. The van der Waals surface area contributed by atoms with E-state index < -0.39 is 5.97 Å². The van der Waals surface area contributed by atoms with Gasteiger partial charge in [-0.1, -0.05) is 48.0 Å². The highest BCUT2D eigenvalue weighted by Gasteiger charge is 2.14. The SMILES string of the molecule is C=CCc1cc(/C=C(/C#N)c2ccc(C(=O)O)cc2)cc(OC)c1OCc1ccc(C)cc1. The number of methoxy groups -OCH3 is 1. The molecule has 0 saturated heterocycles. The third-order valence-electron chi connectivity index (χ3n) is 5.12. The molecule has 0 fully saturated rings. The first-order valence-electron chi connectivity index (χ1n) is 10.4. The number of benzene rings is 3. The maximum Gasteiger partial charge on any atom is 0.335 e. The van der Waals surface area contributed by atoms with Gasteiger partial charge in [-0.3, -0.25) is 0 Å². The van der Waals surface area contributed by atoms with E-state index >= 15 is 0 Å². The number of carboxylic acids is 1. The average molecular weight is 440 g/mol. The number of carbonyl (C=O) groups is 1. The van der Waals surface area contributed by atoms with Crippen LogP contribution in [-0.4, -0.2) is 18.2 Å². The number of aryl methyl sites for hydroxylation is 1. The molecule has 1 N–H and O–H groups in total. The maximum atomic E-state index is 11.1. The lowest BCUT2D eigenvalue weighted by molar-refractivity contribution is 0.0697. The molecule has 0 radical (unpaired) electrons. The van der Waals surface area contributed by atoms with Crippen molar-refractivity contribution in [2.45, 2.75) is 20.0 Å². The molecule has 0 aromatic heterocycles. The summed E-state index contributed by atoms with van der Waals surface area (Å²) in [6, 6.07) is 20.3. The van der Waals surface area contributed by atoms with Crippen LogP contribution in [0.3, 0.4) is 0 Å². The molecule has 0 atom stereocenters. The van der Waals surface area contributed by atoms with Gasteiger partial charge in [-0.25, -0.2) is 4.79 Å². The van der Waals surface area contributed by atoms with E-state index in [1.54, 1.807) is 31.4 Å². The third-order valence-corrected chi connectivity index (χ3v) is 5.12. The van der Waals surface area contributed by atoms with Crippen LogP contribution in [0.1, 0.15) is 38.2 Å². The highest BCUT2D eigenvalue weighted by Crippen LogP contribution is 2.35. The van der Waals surface area contributed by atoms with Gasteiger partial charge in [0.1, 0.15) is 6.61 Å². The van der Waals surface area contributed by atoms with E-state index in [1.165, 1.54) is 17.7 Å². The minimum Gasteiger partial charge on any atom is -0.493 e. The molecule has 0 aliphatic rings. The molecule has 0 spiro atoms. The Labute approximate surface area is 193 Å². The highest BCUT2D eigenvalue weighted by molar-refractivity contribution is 5.92. The van der Waals surface area contributed by atoms with E-state index in [4.69, 9.17) is 14.6 Å². The zero-order chi connectivity index (χ0) is 23.8. The predicted molar refractivity (Wildman–Crippen MR) is 129 cm³/mol. The van der Waals surface area contributed by atoms with E-state index in [1.807, 2.05) is 43.3 Å². The van der Waals surface area contributed by atoms with Crippen molar-refractivity contribution in [2.24, 2.45) is 0 Å². The Balaban J connectivity index is 1.95. The Kier molecular flexibility index (Phi) is 7.67. The fourth-order valence-electron chi connectivity index (χ4n) is 3.37. The summed E-state index contributed by atoms with van der Waals surface area (Å²) in [5, 5.41) is 18.8. The van der Waals surface area contributed by atoms with Crippen LogP contribution in [0.5, 0.6) is 11.5 Å². The summed E-state index contributed by atoms with van der Waals surface area (Å²) in [4.78, 5) is 11.1. The Bertz CT molecular complexity index is 1220. The maximum absolute atomic E-state index is 11.1. The molecule has 5 heteroatoms. The molecule has 3 rings (SSSR count). The second kappa shape index (κ2) is 10.8. The molecule has 0 aliphatic heterocycles. The molecule has 0 heterocycles.